The lowest BCUT2D eigenvalue weighted by Crippen LogP contribution is -2.52. The summed E-state index contributed by atoms with van der Waals surface area (Å²) in [6.45, 7) is 2.37. The topological polar surface area (TPSA) is 88.4 Å². The van der Waals surface area contributed by atoms with Gasteiger partial charge < -0.3 is 9.47 Å². The molecule has 2 fully saturated rings. The van der Waals surface area contributed by atoms with Gasteiger partial charge in [-0.05, 0) is 31.1 Å². The first-order chi connectivity index (χ1) is 12.9. The predicted octanol–water partition coefficient (Wildman–Crippen LogP) is 1.58. The predicted molar refractivity (Wildman–Crippen MR) is 101 cm³/mol. The smallest absolute Gasteiger partial charge is 0.273 e. The number of piperidine rings is 2. The summed E-state index contributed by atoms with van der Waals surface area (Å²) in [5.74, 6) is -0.0149. The quantitative estimate of drug-likeness (QED) is 0.768. The van der Waals surface area contributed by atoms with Gasteiger partial charge in [0.2, 0.25) is 0 Å². The minimum Gasteiger partial charge on any atom is -0.339 e. The van der Waals surface area contributed by atoms with Crippen molar-refractivity contribution in [1.82, 2.24) is 23.7 Å². The Morgan fingerprint density at radius 3 is 2.59 bits per heavy atom. The van der Waals surface area contributed by atoms with Crippen LogP contribution >= 0.6 is 11.3 Å². The number of hydrogen-bond donors (Lipinski definition) is 0. The molecule has 2 aliphatic rings. The van der Waals surface area contributed by atoms with Crippen LogP contribution in [0.15, 0.2) is 28.4 Å². The number of sulfonamides is 1. The SMILES string of the molecule is Cn1cnc(S(=O)(=O)N2CCC3(CCCN(C(=O)c4cscn4)C3)CC2)c1. The van der Waals surface area contributed by atoms with Gasteiger partial charge in [0.05, 0.1) is 11.8 Å². The summed E-state index contributed by atoms with van der Waals surface area (Å²) < 4.78 is 28.7. The van der Waals surface area contributed by atoms with Crippen LogP contribution < -0.4 is 0 Å². The fourth-order valence-corrected chi connectivity index (χ4v) is 6.06. The lowest BCUT2D eigenvalue weighted by Gasteiger charge is -2.47. The van der Waals surface area contributed by atoms with Crippen molar-refractivity contribution in [2.45, 2.75) is 30.7 Å². The van der Waals surface area contributed by atoms with Crippen LogP contribution in [-0.4, -0.2) is 64.2 Å². The van der Waals surface area contributed by atoms with Gasteiger partial charge in [0, 0.05) is 44.8 Å². The van der Waals surface area contributed by atoms with Gasteiger partial charge in [-0.3, -0.25) is 4.79 Å². The fourth-order valence-electron chi connectivity index (χ4n) is 4.12. The molecule has 2 aliphatic heterocycles. The van der Waals surface area contributed by atoms with Gasteiger partial charge in [-0.15, -0.1) is 11.3 Å². The molecule has 0 saturated carbocycles. The van der Waals surface area contributed by atoms with Gasteiger partial charge in [0.15, 0.2) is 5.03 Å². The first-order valence-electron chi connectivity index (χ1n) is 9.05. The van der Waals surface area contributed by atoms with Gasteiger partial charge in [-0.25, -0.2) is 18.4 Å². The Morgan fingerprint density at radius 1 is 1.19 bits per heavy atom. The summed E-state index contributed by atoms with van der Waals surface area (Å²) in [5.41, 5.74) is 2.18. The Balaban J connectivity index is 1.44. The molecule has 1 amide bonds. The molecule has 2 aromatic heterocycles. The Bertz CT molecular complexity index is 914. The maximum absolute atomic E-state index is 12.8. The van der Waals surface area contributed by atoms with Crippen LogP contribution in [0, 0.1) is 5.41 Å². The van der Waals surface area contributed by atoms with E-state index in [9.17, 15) is 13.2 Å². The van der Waals surface area contributed by atoms with Crippen LogP contribution in [0.25, 0.3) is 0 Å². The van der Waals surface area contributed by atoms with Crippen molar-refractivity contribution in [2.75, 3.05) is 26.2 Å². The van der Waals surface area contributed by atoms with Crippen LogP contribution in [-0.2, 0) is 17.1 Å². The van der Waals surface area contributed by atoms with Crippen molar-refractivity contribution >= 4 is 27.3 Å². The second kappa shape index (κ2) is 6.99. The molecule has 2 aromatic rings. The van der Waals surface area contributed by atoms with Crippen molar-refractivity contribution in [3.8, 4) is 0 Å². The molecule has 4 rings (SSSR count). The van der Waals surface area contributed by atoms with Gasteiger partial charge in [-0.1, -0.05) is 0 Å². The van der Waals surface area contributed by atoms with Crippen LogP contribution in [0.3, 0.4) is 0 Å². The largest absolute Gasteiger partial charge is 0.339 e. The maximum atomic E-state index is 12.8. The van der Waals surface area contributed by atoms with Crippen molar-refractivity contribution in [3.63, 3.8) is 0 Å². The van der Waals surface area contributed by atoms with E-state index in [1.54, 1.807) is 22.5 Å². The minimum atomic E-state index is -3.55. The molecule has 0 radical (unpaired) electrons. The molecule has 0 atom stereocenters. The summed E-state index contributed by atoms with van der Waals surface area (Å²) in [4.78, 5) is 22.7. The number of hydrogen-bond acceptors (Lipinski definition) is 6. The van der Waals surface area contributed by atoms with Crippen molar-refractivity contribution < 1.29 is 13.2 Å². The summed E-state index contributed by atoms with van der Waals surface area (Å²) in [6, 6.07) is 0. The highest BCUT2D eigenvalue weighted by Crippen LogP contribution is 2.41. The lowest BCUT2D eigenvalue weighted by molar-refractivity contribution is 0.0328. The highest BCUT2D eigenvalue weighted by atomic mass is 32.2. The third kappa shape index (κ3) is 3.53. The molecule has 4 heterocycles. The van der Waals surface area contributed by atoms with Crippen molar-refractivity contribution in [2.24, 2.45) is 12.5 Å². The minimum absolute atomic E-state index is 0.0000673. The number of amides is 1. The second-order valence-electron chi connectivity index (χ2n) is 7.49. The Kier molecular flexibility index (Phi) is 4.81. The molecule has 8 nitrogen and oxygen atoms in total. The van der Waals surface area contributed by atoms with E-state index in [-0.39, 0.29) is 16.3 Å². The van der Waals surface area contributed by atoms with Crippen LogP contribution in [0.1, 0.15) is 36.2 Å². The average molecular weight is 410 g/mol. The van der Waals surface area contributed by atoms with E-state index in [1.807, 2.05) is 4.90 Å². The number of carbonyl (C=O) groups excluding carboxylic acids is 1. The van der Waals surface area contributed by atoms with Gasteiger partial charge in [0.25, 0.3) is 15.9 Å². The molecule has 0 bridgehead atoms. The number of likely N-dealkylation sites (tertiary alicyclic amines) is 1. The number of thiazole rings is 1. The highest BCUT2D eigenvalue weighted by Gasteiger charge is 2.42. The van der Waals surface area contributed by atoms with E-state index in [0.717, 1.165) is 32.2 Å². The summed E-state index contributed by atoms with van der Waals surface area (Å²) in [5, 5.41) is 1.89. The number of carbonyl (C=O) groups is 1. The molecule has 0 aliphatic carbocycles. The Hall–Kier alpha value is -1.78. The molecule has 0 unspecified atom stereocenters. The fraction of sp³-hybridized carbons (Fsp3) is 0.588. The summed E-state index contributed by atoms with van der Waals surface area (Å²) in [7, 11) is -1.79. The first-order valence-corrected chi connectivity index (χ1v) is 11.4. The zero-order valence-corrected chi connectivity index (χ0v) is 16.9. The Morgan fingerprint density at radius 2 is 1.96 bits per heavy atom. The standard InChI is InChI=1S/C17H23N5O3S2/c1-20-9-15(18-12-20)27(24,25)22-7-4-17(5-8-22)3-2-6-21(11-17)16(23)14-10-26-13-19-14/h9-10,12-13H,2-8,11H2,1H3. The van der Waals surface area contributed by atoms with E-state index in [2.05, 4.69) is 9.97 Å². The monoisotopic (exact) mass is 409 g/mol. The van der Waals surface area contributed by atoms with Crippen LogP contribution in [0.4, 0.5) is 0 Å². The van der Waals surface area contributed by atoms with E-state index >= 15 is 0 Å². The number of aryl methyl sites for hydroxylation is 1. The van der Waals surface area contributed by atoms with E-state index in [4.69, 9.17) is 0 Å². The van der Waals surface area contributed by atoms with E-state index in [0.29, 0.717) is 25.3 Å². The third-order valence-electron chi connectivity index (χ3n) is 5.67. The lowest BCUT2D eigenvalue weighted by atomic mass is 9.73. The van der Waals surface area contributed by atoms with E-state index in [1.165, 1.54) is 28.2 Å². The number of nitrogens with zero attached hydrogens (tertiary/aromatic N) is 5. The second-order valence-corrected chi connectivity index (χ2v) is 10.1. The summed E-state index contributed by atoms with van der Waals surface area (Å²) >= 11 is 1.42. The zero-order chi connectivity index (χ0) is 19.1. The molecule has 0 N–H and O–H groups in total. The van der Waals surface area contributed by atoms with Gasteiger partial charge in [-0.2, -0.15) is 4.31 Å². The first kappa shape index (κ1) is 18.6. The summed E-state index contributed by atoms with van der Waals surface area (Å²) in [6.07, 6.45) is 6.55. The number of rotatable bonds is 3. The average Bonchev–Trinajstić information content (AvgIpc) is 3.33. The van der Waals surface area contributed by atoms with Crippen LogP contribution in [0.2, 0.25) is 0 Å². The van der Waals surface area contributed by atoms with E-state index < -0.39 is 10.0 Å². The molecule has 10 heteroatoms. The zero-order valence-electron chi connectivity index (χ0n) is 15.2. The molecule has 146 valence electrons. The highest BCUT2D eigenvalue weighted by molar-refractivity contribution is 7.89. The van der Waals surface area contributed by atoms with Crippen molar-refractivity contribution in [3.05, 3.63) is 29.1 Å². The normalized spacial score (nSPS) is 20.9. The van der Waals surface area contributed by atoms with Crippen LogP contribution in [0.5, 0.6) is 0 Å². The van der Waals surface area contributed by atoms with Gasteiger partial charge >= 0.3 is 0 Å². The molecule has 1 spiro atoms. The third-order valence-corrected chi connectivity index (χ3v) is 8.04. The molecule has 2 saturated heterocycles. The maximum Gasteiger partial charge on any atom is 0.273 e. The molecule has 0 aromatic carbocycles. The van der Waals surface area contributed by atoms with Crippen molar-refractivity contribution in [1.29, 1.82) is 0 Å². The molecular formula is C17H23N5O3S2. The number of aromatic nitrogens is 3. The van der Waals surface area contributed by atoms with Gasteiger partial charge in [0.1, 0.15) is 5.69 Å². The Labute approximate surface area is 162 Å². The molecular weight excluding hydrogens is 386 g/mol. The molecule has 27 heavy (non-hydrogen) atoms. The number of imidazole rings is 1.